The van der Waals surface area contributed by atoms with Gasteiger partial charge in [0, 0.05) is 11.3 Å². The van der Waals surface area contributed by atoms with Gasteiger partial charge in [-0.2, -0.15) is 0 Å². The summed E-state index contributed by atoms with van der Waals surface area (Å²) in [4.78, 5) is 12.9. The average Bonchev–Trinajstić information content (AvgIpc) is 2.91. The van der Waals surface area contributed by atoms with E-state index in [9.17, 15) is 4.79 Å². The molecule has 0 aliphatic carbocycles. The van der Waals surface area contributed by atoms with Crippen LogP contribution in [-0.2, 0) is 16.0 Å². The lowest BCUT2D eigenvalue weighted by Gasteiger charge is -2.08. The van der Waals surface area contributed by atoms with Crippen LogP contribution in [0.3, 0.4) is 0 Å². The number of nitrogen functional groups attached to an aromatic ring is 1. The maximum absolute atomic E-state index is 11.6. The number of para-hydroxylation sites is 2. The van der Waals surface area contributed by atoms with Gasteiger partial charge in [0.15, 0.2) is 0 Å². The van der Waals surface area contributed by atoms with E-state index in [2.05, 4.69) is 11.4 Å². The van der Waals surface area contributed by atoms with Crippen LogP contribution in [0, 0.1) is 0 Å². The second-order valence-electron chi connectivity index (χ2n) is 4.02. The molecule has 1 aromatic heterocycles. The Bertz CT molecular complexity index is 526. The van der Waals surface area contributed by atoms with E-state index in [1.807, 2.05) is 23.6 Å². The molecule has 0 saturated carbocycles. The number of nitrogens with one attached hydrogen (secondary N) is 1. The second kappa shape index (κ2) is 6.92. The van der Waals surface area contributed by atoms with Gasteiger partial charge in [0.2, 0.25) is 5.91 Å². The van der Waals surface area contributed by atoms with E-state index >= 15 is 0 Å². The van der Waals surface area contributed by atoms with Crippen LogP contribution in [0.25, 0.3) is 0 Å². The van der Waals surface area contributed by atoms with Crippen LogP contribution in [0.15, 0.2) is 41.8 Å². The highest BCUT2D eigenvalue weighted by Crippen LogP contribution is 2.16. The molecule has 1 amide bonds. The molecule has 0 atom stereocenters. The predicted octanol–water partition coefficient (Wildman–Crippen LogP) is 2.53. The van der Waals surface area contributed by atoms with Crippen LogP contribution < -0.4 is 11.1 Å². The highest BCUT2D eigenvalue weighted by atomic mass is 32.1. The van der Waals surface area contributed by atoms with Crippen LogP contribution in [0.4, 0.5) is 11.4 Å². The second-order valence-corrected chi connectivity index (χ2v) is 5.05. The molecule has 4 nitrogen and oxygen atoms in total. The number of rotatable bonds is 6. The normalized spacial score (nSPS) is 10.3. The molecule has 1 aromatic carbocycles. The number of carbonyl (C=O) groups is 1. The first-order valence-corrected chi connectivity index (χ1v) is 6.88. The van der Waals surface area contributed by atoms with Crippen molar-refractivity contribution in [3.05, 3.63) is 46.7 Å². The van der Waals surface area contributed by atoms with Crippen molar-refractivity contribution in [3.8, 4) is 0 Å². The summed E-state index contributed by atoms with van der Waals surface area (Å²) in [6, 6.07) is 11.2. The molecule has 0 unspecified atom stereocenters. The van der Waals surface area contributed by atoms with E-state index < -0.39 is 0 Å². The van der Waals surface area contributed by atoms with Crippen LogP contribution >= 0.6 is 11.3 Å². The molecular formula is C14H16N2O2S. The van der Waals surface area contributed by atoms with E-state index in [1.54, 1.807) is 23.5 Å². The van der Waals surface area contributed by atoms with Gasteiger partial charge in [-0.1, -0.05) is 18.2 Å². The first-order chi connectivity index (χ1) is 9.25. The number of ether oxygens (including phenoxy) is 1. The summed E-state index contributed by atoms with van der Waals surface area (Å²) in [5.41, 5.74) is 6.90. The van der Waals surface area contributed by atoms with Crippen molar-refractivity contribution in [1.29, 1.82) is 0 Å². The average molecular weight is 276 g/mol. The molecule has 0 fully saturated rings. The Hall–Kier alpha value is -1.85. The zero-order valence-electron chi connectivity index (χ0n) is 10.5. The SMILES string of the molecule is Nc1ccccc1NC(=O)COCCc1cccs1. The predicted molar refractivity (Wildman–Crippen MR) is 78.3 cm³/mol. The first kappa shape index (κ1) is 13.6. The summed E-state index contributed by atoms with van der Waals surface area (Å²) in [7, 11) is 0. The van der Waals surface area contributed by atoms with E-state index in [0.717, 1.165) is 6.42 Å². The lowest BCUT2D eigenvalue weighted by Crippen LogP contribution is -2.19. The summed E-state index contributed by atoms with van der Waals surface area (Å²) < 4.78 is 5.33. The maximum Gasteiger partial charge on any atom is 0.250 e. The molecule has 0 spiro atoms. The van der Waals surface area contributed by atoms with Crippen molar-refractivity contribution >= 4 is 28.6 Å². The molecule has 0 bridgehead atoms. The highest BCUT2D eigenvalue weighted by Gasteiger charge is 2.04. The van der Waals surface area contributed by atoms with Gasteiger partial charge < -0.3 is 15.8 Å². The number of hydrogen-bond donors (Lipinski definition) is 2. The largest absolute Gasteiger partial charge is 0.397 e. The standard InChI is InChI=1S/C14H16N2O2S/c15-12-5-1-2-6-13(12)16-14(17)10-18-8-7-11-4-3-9-19-11/h1-6,9H,7-8,10,15H2,(H,16,17). The number of thiophene rings is 1. The van der Waals surface area contributed by atoms with Crippen LogP contribution in [0.5, 0.6) is 0 Å². The number of amides is 1. The molecule has 0 radical (unpaired) electrons. The molecule has 1 heterocycles. The Morgan fingerprint density at radius 1 is 1.26 bits per heavy atom. The third-order valence-corrected chi connectivity index (χ3v) is 3.48. The van der Waals surface area contributed by atoms with Gasteiger partial charge in [0.05, 0.1) is 18.0 Å². The Labute approximate surface area is 116 Å². The van der Waals surface area contributed by atoms with Gasteiger partial charge in [-0.25, -0.2) is 0 Å². The molecule has 2 rings (SSSR count). The van der Waals surface area contributed by atoms with Gasteiger partial charge in [-0.15, -0.1) is 11.3 Å². The van der Waals surface area contributed by atoms with E-state index in [1.165, 1.54) is 4.88 Å². The third-order valence-electron chi connectivity index (χ3n) is 2.54. The number of anilines is 2. The minimum Gasteiger partial charge on any atom is -0.397 e. The molecular weight excluding hydrogens is 260 g/mol. The molecule has 0 aliphatic rings. The molecule has 100 valence electrons. The number of benzene rings is 1. The molecule has 0 saturated heterocycles. The smallest absolute Gasteiger partial charge is 0.250 e. The molecule has 2 aromatic rings. The molecule has 19 heavy (non-hydrogen) atoms. The van der Waals surface area contributed by atoms with Crippen molar-refractivity contribution in [2.24, 2.45) is 0 Å². The Balaban J connectivity index is 1.69. The molecule has 0 aliphatic heterocycles. The first-order valence-electron chi connectivity index (χ1n) is 6.00. The van der Waals surface area contributed by atoms with Crippen LogP contribution in [0.2, 0.25) is 0 Å². The number of carbonyl (C=O) groups excluding carboxylic acids is 1. The molecule has 5 heteroatoms. The van der Waals surface area contributed by atoms with Crippen molar-refractivity contribution in [2.75, 3.05) is 24.3 Å². The van der Waals surface area contributed by atoms with Gasteiger partial charge in [-0.3, -0.25) is 4.79 Å². The molecule has 3 N–H and O–H groups in total. The van der Waals surface area contributed by atoms with Gasteiger partial charge in [-0.05, 0) is 23.6 Å². The van der Waals surface area contributed by atoms with Crippen molar-refractivity contribution in [1.82, 2.24) is 0 Å². The lowest BCUT2D eigenvalue weighted by molar-refractivity contribution is -0.120. The third kappa shape index (κ3) is 4.39. The Morgan fingerprint density at radius 3 is 2.84 bits per heavy atom. The van der Waals surface area contributed by atoms with Crippen molar-refractivity contribution in [2.45, 2.75) is 6.42 Å². The zero-order chi connectivity index (χ0) is 13.5. The minimum atomic E-state index is -0.191. The topological polar surface area (TPSA) is 64.3 Å². The Morgan fingerprint density at radius 2 is 2.11 bits per heavy atom. The Kier molecular flexibility index (Phi) is 4.94. The fourth-order valence-electron chi connectivity index (χ4n) is 1.59. The summed E-state index contributed by atoms with van der Waals surface area (Å²) in [5.74, 6) is -0.191. The summed E-state index contributed by atoms with van der Waals surface area (Å²) in [5, 5.41) is 4.75. The van der Waals surface area contributed by atoms with E-state index in [-0.39, 0.29) is 12.5 Å². The van der Waals surface area contributed by atoms with Gasteiger partial charge in [0.25, 0.3) is 0 Å². The number of nitrogens with two attached hydrogens (primary N) is 1. The summed E-state index contributed by atoms with van der Waals surface area (Å²) in [6.07, 6.45) is 0.832. The van der Waals surface area contributed by atoms with Crippen molar-refractivity contribution in [3.63, 3.8) is 0 Å². The highest BCUT2D eigenvalue weighted by molar-refractivity contribution is 7.09. The van der Waals surface area contributed by atoms with Crippen molar-refractivity contribution < 1.29 is 9.53 Å². The fourth-order valence-corrected chi connectivity index (χ4v) is 2.28. The van der Waals surface area contributed by atoms with Crippen LogP contribution in [-0.4, -0.2) is 19.1 Å². The van der Waals surface area contributed by atoms with Gasteiger partial charge in [0.1, 0.15) is 6.61 Å². The minimum absolute atomic E-state index is 0.0414. The zero-order valence-corrected chi connectivity index (χ0v) is 11.3. The van der Waals surface area contributed by atoms with Crippen LogP contribution in [0.1, 0.15) is 4.88 Å². The number of hydrogen-bond acceptors (Lipinski definition) is 4. The monoisotopic (exact) mass is 276 g/mol. The quantitative estimate of drug-likeness (QED) is 0.629. The summed E-state index contributed by atoms with van der Waals surface area (Å²) >= 11 is 1.69. The van der Waals surface area contributed by atoms with E-state index in [4.69, 9.17) is 10.5 Å². The maximum atomic E-state index is 11.6. The fraction of sp³-hybridized carbons (Fsp3) is 0.214. The lowest BCUT2D eigenvalue weighted by atomic mass is 10.3. The van der Waals surface area contributed by atoms with E-state index in [0.29, 0.717) is 18.0 Å². The van der Waals surface area contributed by atoms with Gasteiger partial charge >= 0.3 is 0 Å². The summed E-state index contributed by atoms with van der Waals surface area (Å²) in [6.45, 7) is 0.581.